The number of rotatable bonds is 8. The fraction of sp³-hybridized carbons (Fsp3) is 0.207. The molecule has 0 saturated heterocycles. The van der Waals surface area contributed by atoms with Crippen molar-refractivity contribution >= 4 is 17.7 Å². The van der Waals surface area contributed by atoms with Crippen LogP contribution in [0.15, 0.2) is 101 Å². The van der Waals surface area contributed by atoms with Gasteiger partial charge in [0, 0.05) is 10.5 Å². The van der Waals surface area contributed by atoms with E-state index in [-0.39, 0.29) is 11.3 Å². The van der Waals surface area contributed by atoms with Crippen LogP contribution in [0.5, 0.6) is 11.5 Å². The van der Waals surface area contributed by atoms with E-state index in [9.17, 15) is 15.3 Å². The van der Waals surface area contributed by atoms with Crippen LogP contribution >= 0.6 is 11.8 Å². The summed E-state index contributed by atoms with van der Waals surface area (Å²) < 4.78 is 11.5. The quantitative estimate of drug-likeness (QED) is 0.195. The van der Waals surface area contributed by atoms with Crippen LogP contribution in [-0.2, 0) is 9.53 Å². The minimum atomic E-state index is -1.06. The molecular weight excluding hydrogens is 456 g/mol. The van der Waals surface area contributed by atoms with Crippen molar-refractivity contribution in [3.63, 3.8) is 0 Å². The summed E-state index contributed by atoms with van der Waals surface area (Å²) in [5, 5.41) is 19.3. The normalized spacial score (nSPS) is 19.0. The molecular formula is C29H24N2O3S. The molecule has 0 unspecified atom stereocenters. The second kappa shape index (κ2) is 10.5. The molecule has 1 aliphatic rings. The summed E-state index contributed by atoms with van der Waals surface area (Å²) in [4.78, 5) is 14.5. The molecule has 6 heteroatoms. The zero-order valence-electron chi connectivity index (χ0n) is 19.4. The van der Waals surface area contributed by atoms with Crippen molar-refractivity contribution in [2.24, 2.45) is 17.3 Å². The maximum atomic E-state index is 13.1. The first-order chi connectivity index (χ1) is 16.9. The SMILES string of the molecule is CC1(C)[C@H](C=C(C#N)Sc2ccccc2)[C@H]1C(=O)O[C@H](C#N)c1cccc(Oc2ccccc2)c1. The van der Waals surface area contributed by atoms with Gasteiger partial charge in [-0.3, -0.25) is 4.79 Å². The molecule has 4 rings (SSSR count). The summed E-state index contributed by atoms with van der Waals surface area (Å²) in [6.07, 6.45) is 0.788. The molecule has 3 atom stereocenters. The van der Waals surface area contributed by atoms with Crippen LogP contribution in [0.1, 0.15) is 25.5 Å². The highest BCUT2D eigenvalue weighted by Gasteiger charge is 2.62. The Kier molecular flexibility index (Phi) is 7.25. The van der Waals surface area contributed by atoms with E-state index < -0.39 is 18.0 Å². The topological polar surface area (TPSA) is 83.1 Å². The number of carbonyl (C=O) groups excluding carboxylic acids is 1. The molecule has 3 aromatic carbocycles. The Morgan fingerprint density at radius 1 is 0.971 bits per heavy atom. The number of esters is 1. The molecule has 0 amide bonds. The number of allylic oxidation sites excluding steroid dienone is 2. The first kappa shape index (κ1) is 24.1. The fourth-order valence-corrected chi connectivity index (χ4v) is 4.84. The van der Waals surface area contributed by atoms with E-state index in [1.165, 1.54) is 11.8 Å². The number of ether oxygens (including phenoxy) is 2. The van der Waals surface area contributed by atoms with Gasteiger partial charge in [-0.05, 0) is 47.7 Å². The van der Waals surface area contributed by atoms with Crippen LogP contribution < -0.4 is 4.74 Å². The summed E-state index contributed by atoms with van der Waals surface area (Å²) >= 11 is 1.37. The van der Waals surface area contributed by atoms with E-state index in [0.717, 1.165) is 4.90 Å². The Balaban J connectivity index is 1.45. The van der Waals surface area contributed by atoms with Gasteiger partial charge in [-0.25, -0.2) is 0 Å². The van der Waals surface area contributed by atoms with Gasteiger partial charge in [0.25, 0.3) is 0 Å². The molecule has 0 aliphatic heterocycles. The Morgan fingerprint density at radius 2 is 1.63 bits per heavy atom. The van der Waals surface area contributed by atoms with Gasteiger partial charge in [0.15, 0.2) is 0 Å². The van der Waals surface area contributed by atoms with E-state index in [1.54, 1.807) is 24.3 Å². The summed E-state index contributed by atoms with van der Waals surface area (Å²) in [5.41, 5.74) is 0.173. The van der Waals surface area contributed by atoms with Crippen LogP contribution in [0.25, 0.3) is 0 Å². The second-order valence-corrected chi connectivity index (χ2v) is 9.93. The Bertz CT molecular complexity index is 1310. The number of nitriles is 2. The number of carbonyl (C=O) groups is 1. The third kappa shape index (κ3) is 5.74. The van der Waals surface area contributed by atoms with Gasteiger partial charge in [-0.15, -0.1) is 0 Å². The molecule has 35 heavy (non-hydrogen) atoms. The maximum Gasteiger partial charge on any atom is 0.311 e. The molecule has 0 N–H and O–H groups in total. The molecule has 3 aromatic rings. The Hall–Kier alpha value is -4.00. The molecule has 0 heterocycles. The Morgan fingerprint density at radius 3 is 2.29 bits per heavy atom. The molecule has 5 nitrogen and oxygen atoms in total. The molecule has 174 valence electrons. The van der Waals surface area contributed by atoms with Gasteiger partial charge in [-0.1, -0.05) is 80.2 Å². The lowest BCUT2D eigenvalue weighted by Crippen LogP contribution is -2.14. The summed E-state index contributed by atoms with van der Waals surface area (Å²) in [7, 11) is 0. The first-order valence-electron chi connectivity index (χ1n) is 11.2. The molecule has 1 fully saturated rings. The molecule has 0 bridgehead atoms. The predicted molar refractivity (Wildman–Crippen MR) is 134 cm³/mol. The first-order valence-corrected chi connectivity index (χ1v) is 12.0. The smallest absolute Gasteiger partial charge is 0.311 e. The van der Waals surface area contributed by atoms with Crippen molar-refractivity contribution in [2.75, 3.05) is 0 Å². The van der Waals surface area contributed by atoms with E-state index in [1.807, 2.05) is 80.6 Å². The van der Waals surface area contributed by atoms with Crippen molar-refractivity contribution in [3.05, 3.63) is 101 Å². The van der Waals surface area contributed by atoms with Crippen LogP contribution in [0, 0.1) is 39.9 Å². The van der Waals surface area contributed by atoms with Gasteiger partial charge in [0.05, 0.1) is 10.8 Å². The van der Waals surface area contributed by atoms with Crippen LogP contribution in [-0.4, -0.2) is 5.97 Å². The van der Waals surface area contributed by atoms with E-state index >= 15 is 0 Å². The highest BCUT2D eigenvalue weighted by Crippen LogP contribution is 2.60. The molecule has 0 aromatic heterocycles. The lowest BCUT2D eigenvalue weighted by Gasteiger charge is -2.13. The van der Waals surface area contributed by atoms with Crippen molar-refractivity contribution in [3.8, 4) is 23.6 Å². The van der Waals surface area contributed by atoms with Gasteiger partial charge >= 0.3 is 5.97 Å². The lowest BCUT2D eigenvalue weighted by atomic mass is 10.1. The second-order valence-electron chi connectivity index (χ2n) is 8.82. The minimum Gasteiger partial charge on any atom is -0.457 e. The molecule has 0 radical (unpaired) electrons. The standard InChI is InChI=1S/C29H24N2O3S/c1-29(2)25(17-24(18-30)35-23-14-7-4-8-15-23)27(29)28(32)34-26(19-31)20-10-9-13-22(16-20)33-21-11-5-3-6-12-21/h3-17,25-27H,1-2H3/t25-,26-,27+/m1/s1. The Labute approximate surface area is 209 Å². The summed E-state index contributed by atoms with van der Waals surface area (Å²) in [5.74, 6) is 0.203. The van der Waals surface area contributed by atoms with E-state index in [0.29, 0.717) is 22.0 Å². The number of hydrogen-bond donors (Lipinski definition) is 0. The zero-order valence-corrected chi connectivity index (χ0v) is 20.2. The highest BCUT2D eigenvalue weighted by atomic mass is 32.2. The third-order valence-corrected chi connectivity index (χ3v) is 7.02. The van der Waals surface area contributed by atoms with E-state index in [4.69, 9.17) is 9.47 Å². The van der Waals surface area contributed by atoms with Crippen molar-refractivity contribution < 1.29 is 14.3 Å². The average Bonchev–Trinajstić information content (AvgIpc) is 3.42. The number of para-hydroxylation sites is 1. The molecule has 1 saturated carbocycles. The average molecular weight is 481 g/mol. The van der Waals surface area contributed by atoms with Crippen LogP contribution in [0.3, 0.4) is 0 Å². The summed E-state index contributed by atoms with van der Waals surface area (Å²) in [6, 6.07) is 30.2. The largest absolute Gasteiger partial charge is 0.457 e. The highest BCUT2D eigenvalue weighted by molar-refractivity contribution is 8.03. The number of benzene rings is 3. The molecule has 0 spiro atoms. The van der Waals surface area contributed by atoms with Gasteiger partial charge in [0.2, 0.25) is 6.10 Å². The van der Waals surface area contributed by atoms with E-state index in [2.05, 4.69) is 12.1 Å². The lowest BCUT2D eigenvalue weighted by molar-refractivity contribution is -0.149. The number of nitrogens with zero attached hydrogens (tertiary/aromatic N) is 2. The minimum absolute atomic E-state index is 0.145. The van der Waals surface area contributed by atoms with Gasteiger partial charge in [-0.2, -0.15) is 10.5 Å². The van der Waals surface area contributed by atoms with Crippen molar-refractivity contribution in [1.82, 2.24) is 0 Å². The zero-order chi connectivity index (χ0) is 24.8. The van der Waals surface area contributed by atoms with Gasteiger partial charge < -0.3 is 9.47 Å². The van der Waals surface area contributed by atoms with Crippen LogP contribution in [0.4, 0.5) is 0 Å². The maximum absolute atomic E-state index is 13.1. The number of thioether (sulfide) groups is 1. The monoisotopic (exact) mass is 480 g/mol. The number of hydrogen-bond acceptors (Lipinski definition) is 6. The van der Waals surface area contributed by atoms with Crippen molar-refractivity contribution in [1.29, 1.82) is 10.5 Å². The molecule has 1 aliphatic carbocycles. The third-order valence-electron chi connectivity index (χ3n) is 6.07. The fourth-order valence-electron chi connectivity index (χ4n) is 4.04. The van der Waals surface area contributed by atoms with Crippen molar-refractivity contribution in [2.45, 2.75) is 24.8 Å². The van der Waals surface area contributed by atoms with Crippen LogP contribution in [0.2, 0.25) is 0 Å². The summed E-state index contributed by atoms with van der Waals surface area (Å²) in [6.45, 7) is 3.94. The predicted octanol–water partition coefficient (Wildman–Crippen LogP) is 7.06. The van der Waals surface area contributed by atoms with Gasteiger partial charge in [0.1, 0.15) is 23.6 Å².